The van der Waals surface area contributed by atoms with E-state index in [0.29, 0.717) is 6.54 Å². The normalized spacial score (nSPS) is 11.8. The van der Waals surface area contributed by atoms with Crippen molar-refractivity contribution in [3.05, 3.63) is 18.7 Å². The Morgan fingerprint density at radius 2 is 2.06 bits per heavy atom. The maximum atomic E-state index is 11.5. The van der Waals surface area contributed by atoms with Crippen molar-refractivity contribution in [2.75, 3.05) is 12.3 Å². The summed E-state index contributed by atoms with van der Waals surface area (Å²) in [7, 11) is -3.04. The minimum absolute atomic E-state index is 0.249. The van der Waals surface area contributed by atoms with Crippen LogP contribution in [-0.2, 0) is 16.6 Å². The van der Waals surface area contributed by atoms with Gasteiger partial charge in [-0.15, -0.1) is 0 Å². The van der Waals surface area contributed by atoms with Crippen molar-refractivity contribution < 1.29 is 8.42 Å². The van der Waals surface area contributed by atoms with Gasteiger partial charge in [0.1, 0.15) is 0 Å². The molecule has 0 unspecified atom stereocenters. The Labute approximate surface area is 110 Å². The zero-order valence-electron chi connectivity index (χ0n) is 11.0. The molecule has 0 saturated heterocycles. The van der Waals surface area contributed by atoms with Gasteiger partial charge in [0, 0.05) is 25.5 Å². The third-order valence-corrected chi connectivity index (χ3v) is 4.21. The first-order chi connectivity index (χ1) is 8.64. The number of hydrogen-bond donors (Lipinski definition) is 1. The minimum atomic E-state index is -3.04. The molecule has 0 radical (unpaired) electrons. The van der Waals surface area contributed by atoms with Crippen LogP contribution < -0.4 is 4.72 Å². The number of rotatable bonds is 10. The maximum Gasteiger partial charge on any atom is 0.211 e. The topological polar surface area (TPSA) is 64.0 Å². The fourth-order valence-electron chi connectivity index (χ4n) is 1.65. The smallest absolute Gasteiger partial charge is 0.211 e. The van der Waals surface area contributed by atoms with Crippen LogP contribution >= 0.6 is 0 Å². The van der Waals surface area contributed by atoms with Crippen LogP contribution in [0.5, 0.6) is 0 Å². The minimum Gasteiger partial charge on any atom is -0.337 e. The van der Waals surface area contributed by atoms with Crippen molar-refractivity contribution in [2.24, 2.45) is 0 Å². The van der Waals surface area contributed by atoms with Crippen LogP contribution in [0.1, 0.15) is 39.0 Å². The van der Waals surface area contributed by atoms with Gasteiger partial charge in [0.15, 0.2) is 0 Å². The number of nitrogens with zero attached hydrogens (tertiary/aromatic N) is 2. The highest BCUT2D eigenvalue weighted by molar-refractivity contribution is 7.89. The van der Waals surface area contributed by atoms with Crippen molar-refractivity contribution in [3.63, 3.8) is 0 Å². The Morgan fingerprint density at radius 1 is 1.22 bits per heavy atom. The first kappa shape index (κ1) is 15.2. The molecule has 1 N–H and O–H groups in total. The summed E-state index contributed by atoms with van der Waals surface area (Å²) in [5.74, 6) is 0.249. The molecule has 0 fully saturated rings. The van der Waals surface area contributed by atoms with E-state index in [1.807, 2.05) is 17.7 Å². The van der Waals surface area contributed by atoms with Gasteiger partial charge in [-0.25, -0.2) is 18.1 Å². The molecule has 0 amide bonds. The second-order valence-corrected chi connectivity index (χ2v) is 6.35. The monoisotopic (exact) mass is 273 g/mol. The Morgan fingerprint density at radius 3 is 2.72 bits per heavy atom. The molecule has 18 heavy (non-hydrogen) atoms. The van der Waals surface area contributed by atoms with Crippen LogP contribution in [0, 0.1) is 0 Å². The molecule has 1 heterocycles. The second-order valence-electron chi connectivity index (χ2n) is 4.43. The van der Waals surface area contributed by atoms with Gasteiger partial charge in [-0.2, -0.15) is 0 Å². The molecule has 0 aliphatic rings. The van der Waals surface area contributed by atoms with Crippen molar-refractivity contribution in [1.29, 1.82) is 0 Å². The van der Waals surface area contributed by atoms with Gasteiger partial charge in [0.05, 0.1) is 12.1 Å². The first-order valence-corrected chi connectivity index (χ1v) is 8.22. The number of hydrogen-bond acceptors (Lipinski definition) is 3. The van der Waals surface area contributed by atoms with E-state index in [9.17, 15) is 8.42 Å². The van der Waals surface area contributed by atoms with Crippen LogP contribution in [0.2, 0.25) is 0 Å². The predicted octanol–water partition coefficient (Wildman–Crippen LogP) is 1.77. The van der Waals surface area contributed by atoms with E-state index in [2.05, 4.69) is 9.71 Å². The van der Waals surface area contributed by atoms with Crippen molar-refractivity contribution in [1.82, 2.24) is 14.3 Å². The van der Waals surface area contributed by atoms with Crippen molar-refractivity contribution in [3.8, 4) is 0 Å². The summed E-state index contributed by atoms with van der Waals surface area (Å²) in [6.07, 6.45) is 10.1. The molecule has 6 heteroatoms. The Hall–Kier alpha value is -0.880. The molecule has 0 spiro atoms. The molecule has 5 nitrogen and oxygen atoms in total. The molecular formula is C12H23N3O2S. The number of nitrogens with one attached hydrogen (secondary N) is 1. The molecular weight excluding hydrogens is 250 g/mol. The van der Waals surface area contributed by atoms with Gasteiger partial charge in [-0.05, 0) is 19.3 Å². The number of unbranched alkanes of at least 4 members (excludes halogenated alkanes) is 3. The highest BCUT2D eigenvalue weighted by Gasteiger charge is 2.07. The third kappa shape index (κ3) is 6.76. The molecule has 0 aliphatic carbocycles. The number of sulfonamides is 1. The van der Waals surface area contributed by atoms with Crippen molar-refractivity contribution in [2.45, 2.75) is 45.6 Å². The summed E-state index contributed by atoms with van der Waals surface area (Å²) in [5, 5.41) is 0. The highest BCUT2D eigenvalue weighted by Crippen LogP contribution is 1.99. The van der Waals surface area contributed by atoms with Gasteiger partial charge in [0.2, 0.25) is 10.0 Å². The molecule has 104 valence electrons. The average molecular weight is 273 g/mol. The summed E-state index contributed by atoms with van der Waals surface area (Å²) in [6.45, 7) is 3.49. The van der Waals surface area contributed by atoms with E-state index in [4.69, 9.17) is 0 Å². The average Bonchev–Trinajstić information content (AvgIpc) is 2.84. The Balaban J connectivity index is 2.01. The molecule has 1 rings (SSSR count). The van der Waals surface area contributed by atoms with Crippen LogP contribution in [0.3, 0.4) is 0 Å². The Kier molecular flexibility index (Phi) is 6.97. The number of aryl methyl sites for hydroxylation is 1. The second kappa shape index (κ2) is 8.26. The summed E-state index contributed by atoms with van der Waals surface area (Å²) in [5.41, 5.74) is 0. The van der Waals surface area contributed by atoms with E-state index in [1.54, 1.807) is 12.5 Å². The first-order valence-electron chi connectivity index (χ1n) is 6.57. The van der Waals surface area contributed by atoms with E-state index >= 15 is 0 Å². The highest BCUT2D eigenvalue weighted by atomic mass is 32.2. The summed E-state index contributed by atoms with van der Waals surface area (Å²) in [4.78, 5) is 3.97. The molecule has 1 aromatic rings. The molecule has 0 bridgehead atoms. The van der Waals surface area contributed by atoms with Crippen molar-refractivity contribution >= 4 is 10.0 Å². The Bertz CT molecular complexity index is 401. The van der Waals surface area contributed by atoms with Gasteiger partial charge in [0.25, 0.3) is 0 Å². The fourth-order valence-corrected chi connectivity index (χ4v) is 2.92. The molecule has 0 aliphatic heterocycles. The number of aromatic nitrogens is 2. The number of imidazole rings is 1. The summed E-state index contributed by atoms with van der Waals surface area (Å²) in [6, 6.07) is 0. The zero-order valence-corrected chi connectivity index (χ0v) is 11.8. The lowest BCUT2D eigenvalue weighted by Gasteiger charge is -2.06. The van der Waals surface area contributed by atoms with E-state index in [0.717, 1.165) is 38.6 Å². The SMILES string of the molecule is CCCCS(=O)(=O)NCCCCCn1ccnc1. The van der Waals surface area contributed by atoms with Gasteiger partial charge >= 0.3 is 0 Å². The van der Waals surface area contributed by atoms with Crippen LogP contribution in [0.15, 0.2) is 18.7 Å². The fraction of sp³-hybridized carbons (Fsp3) is 0.750. The lowest BCUT2D eigenvalue weighted by molar-refractivity contribution is 0.559. The lowest BCUT2D eigenvalue weighted by Crippen LogP contribution is -2.27. The molecule has 0 saturated carbocycles. The summed E-state index contributed by atoms with van der Waals surface area (Å²) < 4.78 is 27.6. The standard InChI is InChI=1S/C12H23N3O2S/c1-2-3-11-18(16,17)14-7-5-4-6-9-15-10-8-13-12-15/h8,10,12,14H,2-7,9,11H2,1H3. The van der Waals surface area contributed by atoms with Gasteiger partial charge in [-0.3, -0.25) is 0 Å². The largest absolute Gasteiger partial charge is 0.337 e. The molecule has 1 aromatic heterocycles. The molecule has 0 aromatic carbocycles. The maximum absolute atomic E-state index is 11.5. The predicted molar refractivity (Wildman–Crippen MR) is 72.8 cm³/mol. The summed E-state index contributed by atoms with van der Waals surface area (Å²) >= 11 is 0. The van der Waals surface area contributed by atoms with E-state index in [1.165, 1.54) is 0 Å². The molecule has 0 atom stereocenters. The van der Waals surface area contributed by atoms with Gasteiger partial charge < -0.3 is 4.57 Å². The zero-order chi connectivity index (χ0) is 13.3. The quantitative estimate of drug-likeness (QED) is 0.661. The van der Waals surface area contributed by atoms with Crippen LogP contribution in [-0.4, -0.2) is 30.3 Å². The third-order valence-electron chi connectivity index (χ3n) is 2.74. The van der Waals surface area contributed by atoms with Crippen LogP contribution in [0.4, 0.5) is 0 Å². The van der Waals surface area contributed by atoms with E-state index in [-0.39, 0.29) is 5.75 Å². The van der Waals surface area contributed by atoms with Crippen LogP contribution in [0.25, 0.3) is 0 Å². The van der Waals surface area contributed by atoms with E-state index < -0.39 is 10.0 Å². The lowest BCUT2D eigenvalue weighted by atomic mass is 10.2. The van der Waals surface area contributed by atoms with Gasteiger partial charge in [-0.1, -0.05) is 19.8 Å².